The van der Waals surface area contributed by atoms with E-state index >= 15 is 0 Å². The molecule has 1 aliphatic rings. The molecule has 0 radical (unpaired) electrons. The molecule has 0 spiro atoms. The average molecular weight is 192 g/mol. The molecule has 0 unspecified atom stereocenters. The number of fused-ring (bicyclic) bond motifs is 1. The highest BCUT2D eigenvalue weighted by Gasteiger charge is 2.52. The molecule has 76 valence electrons. The fourth-order valence-electron chi connectivity index (χ4n) is 2.49. The molecule has 0 atom stereocenters. The van der Waals surface area contributed by atoms with Crippen LogP contribution in [0.15, 0.2) is 24.3 Å². The van der Waals surface area contributed by atoms with Gasteiger partial charge in [-0.15, -0.1) is 0 Å². The predicted molar refractivity (Wildman–Crippen MR) is 57.9 cm³/mol. The van der Waals surface area contributed by atoms with Gasteiger partial charge >= 0.3 is 0 Å². The quantitative estimate of drug-likeness (QED) is 0.578. The van der Waals surface area contributed by atoms with Crippen molar-refractivity contribution in [2.45, 2.75) is 38.8 Å². The standard InChI is InChI=1S/C12H17NO/c1-11(2)9-7-5-6-8-10(9)12(3,4)13(11)14/h5-8,14H,1-4H3/p+1. The number of hydrogen-bond donors (Lipinski definition) is 0. The number of nitrogens with zero attached hydrogens (tertiary/aromatic N) is 1. The molecule has 0 bridgehead atoms. The molecular weight excluding hydrogens is 174 g/mol. The van der Waals surface area contributed by atoms with E-state index < -0.39 is 0 Å². The maximum atomic E-state index is 8.16. The fraction of sp³-hybridized carbons (Fsp3) is 0.500. The van der Waals surface area contributed by atoms with Crippen LogP contribution in [-0.2, 0) is 11.1 Å². The third kappa shape index (κ3) is 0.983. The molecule has 14 heavy (non-hydrogen) atoms. The van der Waals surface area contributed by atoms with E-state index in [-0.39, 0.29) is 11.1 Å². The first kappa shape index (κ1) is 9.69. The fourth-order valence-corrected chi connectivity index (χ4v) is 2.49. The summed E-state index contributed by atoms with van der Waals surface area (Å²) in [5, 5.41) is 9.86. The molecule has 1 aliphatic heterocycles. The van der Waals surface area contributed by atoms with Crippen molar-refractivity contribution in [1.29, 1.82) is 0 Å². The van der Waals surface area contributed by atoms with Crippen molar-refractivity contribution in [3.05, 3.63) is 35.4 Å². The van der Waals surface area contributed by atoms with Crippen LogP contribution < -0.4 is 0 Å². The molecule has 0 saturated heterocycles. The van der Waals surface area contributed by atoms with E-state index in [1.165, 1.54) is 11.1 Å². The molecule has 0 aromatic heterocycles. The Labute approximate surface area is 85.1 Å². The Morgan fingerprint density at radius 3 is 1.64 bits per heavy atom. The summed E-state index contributed by atoms with van der Waals surface area (Å²) in [7, 11) is 0. The first-order valence-corrected chi connectivity index (χ1v) is 5.00. The third-order valence-electron chi connectivity index (χ3n) is 3.36. The molecule has 2 rings (SSSR count). The molecule has 2 heteroatoms. The SMILES string of the molecule is CC1(C)c2ccccc2C(C)(C)N1[OH2+]. The topological polar surface area (TPSA) is 26.1 Å². The van der Waals surface area contributed by atoms with Crippen LogP contribution in [0.3, 0.4) is 0 Å². The minimum absolute atomic E-state index is 0.180. The third-order valence-corrected chi connectivity index (χ3v) is 3.36. The minimum Gasteiger partial charge on any atom is -0.337 e. The number of benzene rings is 1. The lowest BCUT2D eigenvalue weighted by molar-refractivity contribution is -0.216. The predicted octanol–water partition coefficient (Wildman–Crippen LogP) is 2.11. The Morgan fingerprint density at radius 1 is 0.929 bits per heavy atom. The van der Waals surface area contributed by atoms with Gasteiger partial charge in [-0.05, 0) is 38.8 Å². The summed E-state index contributed by atoms with van der Waals surface area (Å²) < 4.78 is 0. The van der Waals surface area contributed by atoms with E-state index in [0.29, 0.717) is 0 Å². The van der Waals surface area contributed by atoms with Gasteiger partial charge in [0, 0.05) is 0 Å². The van der Waals surface area contributed by atoms with Crippen LogP contribution in [0.5, 0.6) is 0 Å². The second kappa shape index (κ2) is 2.59. The van der Waals surface area contributed by atoms with Crippen LogP contribution in [0.2, 0.25) is 0 Å². The largest absolute Gasteiger partial charge is 0.337 e. The van der Waals surface area contributed by atoms with E-state index in [0.717, 1.165) is 0 Å². The van der Waals surface area contributed by atoms with Crippen LogP contribution in [0.1, 0.15) is 38.8 Å². The van der Waals surface area contributed by atoms with Gasteiger partial charge in [0.25, 0.3) is 0 Å². The van der Waals surface area contributed by atoms with Gasteiger partial charge in [-0.25, -0.2) is 0 Å². The molecule has 0 amide bonds. The van der Waals surface area contributed by atoms with Crippen molar-refractivity contribution in [1.82, 2.24) is 5.06 Å². The zero-order valence-corrected chi connectivity index (χ0v) is 9.26. The van der Waals surface area contributed by atoms with Crippen LogP contribution in [0.25, 0.3) is 0 Å². The molecule has 0 fully saturated rings. The van der Waals surface area contributed by atoms with Crippen molar-refractivity contribution < 1.29 is 5.21 Å². The van der Waals surface area contributed by atoms with Crippen molar-refractivity contribution in [2.75, 3.05) is 0 Å². The normalized spacial score (nSPS) is 23.5. The van der Waals surface area contributed by atoms with E-state index in [1.807, 2.05) is 0 Å². The van der Waals surface area contributed by atoms with Gasteiger partial charge in [-0.3, -0.25) is 0 Å². The number of hydroxylamine groups is 2. The lowest BCUT2D eigenvalue weighted by Crippen LogP contribution is -2.42. The number of hydrogen-bond acceptors (Lipinski definition) is 1. The van der Waals surface area contributed by atoms with Crippen LogP contribution in [0.4, 0.5) is 0 Å². The van der Waals surface area contributed by atoms with Gasteiger partial charge in [0.05, 0.1) is 0 Å². The molecular formula is C12H18NO+. The summed E-state index contributed by atoms with van der Waals surface area (Å²) in [4.78, 5) is 0. The second-order valence-corrected chi connectivity index (χ2v) is 5.00. The molecule has 2 N–H and O–H groups in total. The van der Waals surface area contributed by atoms with Crippen molar-refractivity contribution in [3.8, 4) is 0 Å². The zero-order chi connectivity index (χ0) is 10.6. The number of rotatable bonds is 0. The van der Waals surface area contributed by atoms with Crippen molar-refractivity contribution >= 4 is 0 Å². The summed E-state index contributed by atoms with van der Waals surface area (Å²) >= 11 is 0. The summed E-state index contributed by atoms with van der Waals surface area (Å²) in [6, 6.07) is 8.36. The Balaban J connectivity index is 2.70. The lowest BCUT2D eigenvalue weighted by Gasteiger charge is -2.29. The first-order chi connectivity index (χ1) is 6.38. The maximum Gasteiger partial charge on any atom is 0.109 e. The molecule has 1 heterocycles. The average Bonchev–Trinajstić information content (AvgIpc) is 2.28. The second-order valence-electron chi connectivity index (χ2n) is 5.00. The van der Waals surface area contributed by atoms with Crippen LogP contribution in [-0.4, -0.2) is 10.3 Å². The van der Waals surface area contributed by atoms with Gasteiger partial charge in [0.2, 0.25) is 0 Å². The van der Waals surface area contributed by atoms with E-state index in [9.17, 15) is 0 Å². The minimum atomic E-state index is -0.180. The van der Waals surface area contributed by atoms with Gasteiger partial charge in [0.1, 0.15) is 11.1 Å². The maximum absolute atomic E-state index is 8.16. The Hall–Kier alpha value is -0.860. The van der Waals surface area contributed by atoms with Crippen LogP contribution in [0, 0.1) is 0 Å². The van der Waals surface area contributed by atoms with Gasteiger partial charge in [0.15, 0.2) is 0 Å². The van der Waals surface area contributed by atoms with Crippen LogP contribution >= 0.6 is 0 Å². The highest BCUT2D eigenvalue weighted by atomic mass is 16.5. The molecule has 0 aliphatic carbocycles. The Bertz CT molecular complexity index is 333. The molecule has 1 aromatic rings. The van der Waals surface area contributed by atoms with E-state index in [2.05, 4.69) is 52.0 Å². The first-order valence-electron chi connectivity index (χ1n) is 5.00. The lowest BCUT2D eigenvalue weighted by atomic mass is 9.91. The molecule has 2 nitrogen and oxygen atoms in total. The highest BCUT2D eigenvalue weighted by Crippen LogP contribution is 2.47. The Kier molecular flexibility index (Phi) is 1.79. The van der Waals surface area contributed by atoms with E-state index in [4.69, 9.17) is 5.21 Å². The molecule has 0 saturated carbocycles. The van der Waals surface area contributed by atoms with Crippen molar-refractivity contribution in [3.63, 3.8) is 0 Å². The van der Waals surface area contributed by atoms with Gasteiger partial charge in [-0.1, -0.05) is 29.3 Å². The van der Waals surface area contributed by atoms with E-state index in [1.54, 1.807) is 5.06 Å². The van der Waals surface area contributed by atoms with Gasteiger partial charge in [-0.2, -0.15) is 0 Å². The van der Waals surface area contributed by atoms with Gasteiger partial charge < -0.3 is 5.21 Å². The molecule has 1 aromatic carbocycles. The monoisotopic (exact) mass is 192 g/mol. The summed E-state index contributed by atoms with van der Waals surface area (Å²) in [6.45, 7) is 8.42. The highest BCUT2D eigenvalue weighted by molar-refractivity contribution is 5.42. The summed E-state index contributed by atoms with van der Waals surface area (Å²) in [6.07, 6.45) is 0. The smallest absolute Gasteiger partial charge is 0.109 e. The van der Waals surface area contributed by atoms with Crippen molar-refractivity contribution in [2.24, 2.45) is 0 Å². The summed E-state index contributed by atoms with van der Waals surface area (Å²) in [5.74, 6) is 0. The summed E-state index contributed by atoms with van der Waals surface area (Å²) in [5.41, 5.74) is 2.19. The Morgan fingerprint density at radius 2 is 1.29 bits per heavy atom. The zero-order valence-electron chi connectivity index (χ0n) is 9.26.